The number of carbonyl (C=O) groups excluding carboxylic acids is 1. The molecule has 6 heteroatoms. The van der Waals surface area contributed by atoms with Crippen LogP contribution in [-0.4, -0.2) is 34.1 Å². The van der Waals surface area contributed by atoms with E-state index in [2.05, 4.69) is 32.2 Å². The molecular formula is C16H15BrN4O. The van der Waals surface area contributed by atoms with Gasteiger partial charge in [0.1, 0.15) is 5.69 Å². The minimum atomic E-state index is -0.0488. The van der Waals surface area contributed by atoms with Gasteiger partial charge in [-0.15, -0.1) is 0 Å². The van der Waals surface area contributed by atoms with Crippen molar-refractivity contribution in [3.63, 3.8) is 0 Å². The molecule has 1 fully saturated rings. The highest BCUT2D eigenvalue weighted by atomic mass is 79.9. The molecule has 1 aliphatic heterocycles. The van der Waals surface area contributed by atoms with Gasteiger partial charge in [0.15, 0.2) is 0 Å². The number of amides is 1. The summed E-state index contributed by atoms with van der Waals surface area (Å²) >= 11 is 3.40. The zero-order valence-corrected chi connectivity index (χ0v) is 13.5. The van der Waals surface area contributed by atoms with Gasteiger partial charge in [0.25, 0.3) is 5.91 Å². The van der Waals surface area contributed by atoms with Crippen LogP contribution in [0.25, 0.3) is 11.3 Å². The number of nitriles is 1. The summed E-state index contributed by atoms with van der Waals surface area (Å²) in [4.78, 5) is 14.2. The highest BCUT2D eigenvalue weighted by Gasteiger charge is 2.24. The normalized spacial score (nSPS) is 15.5. The van der Waals surface area contributed by atoms with Gasteiger partial charge in [0.2, 0.25) is 0 Å². The lowest BCUT2D eigenvalue weighted by atomic mass is 9.98. The Bertz CT molecular complexity index is 708. The largest absolute Gasteiger partial charge is 0.337 e. The first-order valence-corrected chi connectivity index (χ1v) is 7.97. The van der Waals surface area contributed by atoms with Gasteiger partial charge >= 0.3 is 0 Å². The molecule has 1 amide bonds. The van der Waals surface area contributed by atoms with Gasteiger partial charge in [0, 0.05) is 29.0 Å². The highest BCUT2D eigenvalue weighted by molar-refractivity contribution is 9.10. The van der Waals surface area contributed by atoms with Crippen LogP contribution >= 0.6 is 15.9 Å². The molecule has 2 aromatic rings. The second-order valence-corrected chi connectivity index (χ2v) is 6.29. The number of rotatable bonds is 2. The van der Waals surface area contributed by atoms with Crippen LogP contribution in [0.4, 0.5) is 0 Å². The summed E-state index contributed by atoms with van der Waals surface area (Å²) in [6, 6.07) is 11.8. The van der Waals surface area contributed by atoms with E-state index in [9.17, 15) is 4.79 Å². The smallest absolute Gasteiger partial charge is 0.271 e. The van der Waals surface area contributed by atoms with E-state index >= 15 is 0 Å². The Hall–Kier alpha value is -2.13. The molecule has 1 aromatic heterocycles. The topological polar surface area (TPSA) is 72.8 Å². The van der Waals surface area contributed by atoms with Crippen molar-refractivity contribution in [1.29, 1.82) is 5.26 Å². The summed E-state index contributed by atoms with van der Waals surface area (Å²) in [6.07, 6.45) is 1.49. The number of hydrogen-bond donors (Lipinski definition) is 1. The van der Waals surface area contributed by atoms with E-state index in [1.165, 1.54) is 0 Å². The number of piperidine rings is 1. The molecule has 0 radical (unpaired) electrons. The second kappa shape index (κ2) is 6.32. The predicted molar refractivity (Wildman–Crippen MR) is 86.0 cm³/mol. The summed E-state index contributed by atoms with van der Waals surface area (Å²) < 4.78 is 1.00. The fourth-order valence-electron chi connectivity index (χ4n) is 2.58. The molecule has 5 nitrogen and oxygen atoms in total. The number of benzene rings is 1. The van der Waals surface area contributed by atoms with E-state index in [4.69, 9.17) is 5.26 Å². The molecule has 2 heterocycles. The van der Waals surface area contributed by atoms with Gasteiger partial charge in [-0.1, -0.05) is 28.1 Å². The van der Waals surface area contributed by atoms with Crippen molar-refractivity contribution >= 4 is 21.8 Å². The standard InChI is InChI=1S/C16H15BrN4O/c17-13-3-1-12(2-4-13)14-9-15(20-19-14)16(22)21-7-5-11(10-18)6-8-21/h1-4,9,11H,5-8H2,(H,19,20). The maximum absolute atomic E-state index is 12.5. The Labute approximate surface area is 137 Å². The monoisotopic (exact) mass is 358 g/mol. The minimum Gasteiger partial charge on any atom is -0.337 e. The summed E-state index contributed by atoms with van der Waals surface area (Å²) in [5.74, 6) is 0.0244. The fourth-order valence-corrected chi connectivity index (χ4v) is 2.85. The molecule has 112 valence electrons. The lowest BCUT2D eigenvalue weighted by Gasteiger charge is -2.28. The number of nitrogens with zero attached hydrogens (tertiary/aromatic N) is 3. The van der Waals surface area contributed by atoms with E-state index < -0.39 is 0 Å². The van der Waals surface area contributed by atoms with Gasteiger partial charge in [-0.2, -0.15) is 10.4 Å². The lowest BCUT2D eigenvalue weighted by Crippen LogP contribution is -2.38. The molecule has 1 saturated heterocycles. The average molecular weight is 359 g/mol. The number of aromatic amines is 1. The number of nitrogens with one attached hydrogen (secondary N) is 1. The molecule has 1 aliphatic rings. The Morgan fingerprint density at radius 1 is 1.32 bits per heavy atom. The van der Waals surface area contributed by atoms with Gasteiger partial charge in [-0.05, 0) is 31.0 Å². The number of likely N-dealkylation sites (tertiary alicyclic amines) is 1. The Balaban J connectivity index is 1.72. The van der Waals surface area contributed by atoms with Crippen molar-refractivity contribution in [1.82, 2.24) is 15.1 Å². The molecule has 3 rings (SSSR count). The quantitative estimate of drug-likeness (QED) is 0.895. The third kappa shape index (κ3) is 3.04. The van der Waals surface area contributed by atoms with Crippen LogP contribution < -0.4 is 0 Å². The predicted octanol–water partition coefficient (Wildman–Crippen LogP) is 3.21. The molecule has 0 atom stereocenters. The zero-order valence-electron chi connectivity index (χ0n) is 11.9. The first-order chi connectivity index (χ1) is 10.7. The minimum absolute atomic E-state index is 0.0488. The Morgan fingerprint density at radius 2 is 2.00 bits per heavy atom. The summed E-state index contributed by atoms with van der Waals surface area (Å²) in [5, 5.41) is 16.0. The van der Waals surface area contributed by atoms with Crippen molar-refractivity contribution in [2.75, 3.05) is 13.1 Å². The first-order valence-electron chi connectivity index (χ1n) is 7.17. The van der Waals surface area contributed by atoms with Crippen LogP contribution in [0.5, 0.6) is 0 Å². The molecule has 22 heavy (non-hydrogen) atoms. The number of H-pyrrole nitrogens is 1. The number of hydrogen-bond acceptors (Lipinski definition) is 3. The van der Waals surface area contributed by atoms with Crippen molar-refractivity contribution in [3.05, 3.63) is 40.5 Å². The third-order valence-electron chi connectivity index (χ3n) is 3.91. The first kappa shape index (κ1) is 14.8. The Kier molecular flexibility index (Phi) is 4.25. The maximum atomic E-state index is 12.5. The molecule has 0 spiro atoms. The number of aromatic nitrogens is 2. The van der Waals surface area contributed by atoms with E-state index in [0.29, 0.717) is 18.8 Å². The van der Waals surface area contributed by atoms with Crippen LogP contribution in [0.2, 0.25) is 0 Å². The van der Waals surface area contributed by atoms with Crippen molar-refractivity contribution in [3.8, 4) is 17.3 Å². The fraction of sp³-hybridized carbons (Fsp3) is 0.312. The van der Waals surface area contributed by atoms with E-state index in [0.717, 1.165) is 28.6 Å². The second-order valence-electron chi connectivity index (χ2n) is 5.37. The van der Waals surface area contributed by atoms with E-state index in [1.54, 1.807) is 11.0 Å². The molecule has 0 aliphatic carbocycles. The van der Waals surface area contributed by atoms with Crippen molar-refractivity contribution < 1.29 is 4.79 Å². The average Bonchev–Trinajstić information content (AvgIpc) is 3.05. The van der Waals surface area contributed by atoms with Crippen LogP contribution in [0.1, 0.15) is 23.3 Å². The summed E-state index contributed by atoms with van der Waals surface area (Å²) in [6.45, 7) is 1.26. The lowest BCUT2D eigenvalue weighted by molar-refractivity contribution is 0.0701. The highest BCUT2D eigenvalue weighted by Crippen LogP contribution is 2.22. The summed E-state index contributed by atoms with van der Waals surface area (Å²) in [7, 11) is 0. The van der Waals surface area contributed by atoms with Crippen molar-refractivity contribution in [2.24, 2.45) is 5.92 Å². The van der Waals surface area contributed by atoms with Gasteiger partial charge in [-0.25, -0.2) is 0 Å². The van der Waals surface area contributed by atoms with Crippen LogP contribution in [0, 0.1) is 17.2 Å². The van der Waals surface area contributed by atoms with Crippen molar-refractivity contribution in [2.45, 2.75) is 12.8 Å². The van der Waals surface area contributed by atoms with E-state index in [-0.39, 0.29) is 11.8 Å². The van der Waals surface area contributed by atoms with Crippen LogP contribution in [-0.2, 0) is 0 Å². The molecular weight excluding hydrogens is 344 g/mol. The number of halogens is 1. The number of carbonyl (C=O) groups is 1. The molecule has 0 bridgehead atoms. The molecule has 0 unspecified atom stereocenters. The third-order valence-corrected chi connectivity index (χ3v) is 4.44. The van der Waals surface area contributed by atoms with Gasteiger partial charge in [-0.3, -0.25) is 9.89 Å². The Morgan fingerprint density at radius 3 is 2.64 bits per heavy atom. The zero-order chi connectivity index (χ0) is 15.5. The maximum Gasteiger partial charge on any atom is 0.271 e. The van der Waals surface area contributed by atoms with Gasteiger partial charge < -0.3 is 4.90 Å². The molecule has 1 N–H and O–H groups in total. The van der Waals surface area contributed by atoms with E-state index in [1.807, 2.05) is 24.3 Å². The SMILES string of the molecule is N#CC1CCN(C(=O)c2cc(-c3ccc(Br)cc3)n[nH]2)CC1. The molecule has 1 aromatic carbocycles. The van der Waals surface area contributed by atoms with Gasteiger partial charge in [0.05, 0.1) is 11.8 Å². The van der Waals surface area contributed by atoms with Crippen LogP contribution in [0.3, 0.4) is 0 Å². The van der Waals surface area contributed by atoms with Crippen LogP contribution in [0.15, 0.2) is 34.8 Å². The molecule has 0 saturated carbocycles. The summed E-state index contributed by atoms with van der Waals surface area (Å²) in [5.41, 5.74) is 2.21.